The molecule has 1 fully saturated rings. The zero-order valence-electron chi connectivity index (χ0n) is 16.4. The van der Waals surface area contributed by atoms with Crippen LogP contribution in [0.5, 0.6) is 0 Å². The van der Waals surface area contributed by atoms with E-state index in [-0.39, 0.29) is 16.8 Å². The van der Waals surface area contributed by atoms with E-state index in [0.717, 1.165) is 36.5 Å². The smallest absolute Gasteiger partial charge is 0.321 e. The van der Waals surface area contributed by atoms with Crippen molar-refractivity contribution in [3.8, 4) is 0 Å². The Bertz CT molecular complexity index is 981. The van der Waals surface area contributed by atoms with Crippen molar-refractivity contribution >= 4 is 32.7 Å². The van der Waals surface area contributed by atoms with Gasteiger partial charge in [0.1, 0.15) is 6.54 Å². The van der Waals surface area contributed by atoms with Crippen LogP contribution in [-0.2, 0) is 24.3 Å². The van der Waals surface area contributed by atoms with Crippen molar-refractivity contribution in [1.29, 1.82) is 0 Å². The second kappa shape index (κ2) is 9.37. The van der Waals surface area contributed by atoms with Gasteiger partial charge in [-0.1, -0.05) is 37.3 Å². The summed E-state index contributed by atoms with van der Waals surface area (Å²) in [5, 5.41) is 4.56. The zero-order valence-corrected chi connectivity index (χ0v) is 17.2. The lowest BCUT2D eigenvalue weighted by molar-refractivity contribution is -0.147. The van der Waals surface area contributed by atoms with Gasteiger partial charge >= 0.3 is 5.97 Å². The van der Waals surface area contributed by atoms with E-state index in [1.165, 1.54) is 6.07 Å². The summed E-state index contributed by atoms with van der Waals surface area (Å²) < 4.78 is 31.9. The quantitative estimate of drug-likeness (QED) is 0.672. The Balaban J connectivity index is 1.45. The van der Waals surface area contributed by atoms with Crippen LogP contribution in [0.1, 0.15) is 32.6 Å². The van der Waals surface area contributed by atoms with Gasteiger partial charge < -0.3 is 10.1 Å². The van der Waals surface area contributed by atoms with Crippen molar-refractivity contribution in [3.63, 3.8) is 0 Å². The molecule has 1 aliphatic carbocycles. The lowest BCUT2D eigenvalue weighted by atomic mass is 9.87. The van der Waals surface area contributed by atoms with Crippen molar-refractivity contribution in [3.05, 3.63) is 42.5 Å². The van der Waals surface area contributed by atoms with E-state index in [9.17, 15) is 18.0 Å². The fourth-order valence-electron chi connectivity index (χ4n) is 3.44. The summed E-state index contributed by atoms with van der Waals surface area (Å²) in [5.74, 6) is -0.492. The van der Waals surface area contributed by atoms with E-state index in [4.69, 9.17) is 4.74 Å². The second-order valence-electron chi connectivity index (χ2n) is 7.52. The molecule has 0 aliphatic heterocycles. The van der Waals surface area contributed by atoms with Crippen LogP contribution in [-0.4, -0.2) is 39.5 Å². The van der Waals surface area contributed by atoms with Gasteiger partial charge in [0.25, 0.3) is 5.91 Å². The van der Waals surface area contributed by atoms with Gasteiger partial charge in [-0.15, -0.1) is 0 Å². The van der Waals surface area contributed by atoms with Crippen LogP contribution in [0.2, 0.25) is 0 Å². The SMILES string of the molecule is CC1CCC(NC(=O)COC(=O)CNS(=O)(=O)c2ccc3ccccc3c2)CC1. The van der Waals surface area contributed by atoms with E-state index < -0.39 is 29.1 Å². The van der Waals surface area contributed by atoms with Gasteiger partial charge in [0.05, 0.1) is 4.90 Å². The number of rotatable bonds is 7. The minimum absolute atomic E-state index is 0.0632. The number of esters is 1. The van der Waals surface area contributed by atoms with Gasteiger partial charge in [0.15, 0.2) is 6.61 Å². The minimum atomic E-state index is -3.86. The Morgan fingerprint density at radius 2 is 1.72 bits per heavy atom. The molecule has 7 nitrogen and oxygen atoms in total. The Kier molecular flexibility index (Phi) is 6.87. The third-order valence-electron chi connectivity index (χ3n) is 5.18. The van der Waals surface area contributed by atoms with E-state index in [0.29, 0.717) is 5.92 Å². The van der Waals surface area contributed by atoms with Crippen molar-refractivity contribution in [2.45, 2.75) is 43.5 Å². The molecule has 156 valence electrons. The second-order valence-corrected chi connectivity index (χ2v) is 9.29. The highest BCUT2D eigenvalue weighted by Gasteiger charge is 2.21. The molecule has 1 amide bonds. The third-order valence-corrected chi connectivity index (χ3v) is 6.58. The first kappa shape index (κ1) is 21.3. The maximum Gasteiger partial charge on any atom is 0.321 e. The third kappa shape index (κ3) is 6.01. The number of nitrogens with one attached hydrogen (secondary N) is 2. The van der Waals surface area contributed by atoms with E-state index in [2.05, 4.69) is 17.0 Å². The van der Waals surface area contributed by atoms with E-state index in [1.807, 2.05) is 24.3 Å². The minimum Gasteiger partial charge on any atom is -0.455 e. The van der Waals surface area contributed by atoms with Crippen LogP contribution in [0, 0.1) is 5.92 Å². The summed E-state index contributed by atoms with van der Waals surface area (Å²) in [5.41, 5.74) is 0. The van der Waals surface area contributed by atoms with Crippen LogP contribution < -0.4 is 10.0 Å². The Morgan fingerprint density at radius 1 is 1.03 bits per heavy atom. The number of amides is 1. The number of hydrogen-bond acceptors (Lipinski definition) is 5. The average Bonchev–Trinajstić information content (AvgIpc) is 2.72. The van der Waals surface area contributed by atoms with E-state index in [1.54, 1.807) is 12.1 Å². The topological polar surface area (TPSA) is 102 Å². The van der Waals surface area contributed by atoms with Crippen molar-refractivity contribution < 1.29 is 22.7 Å². The molecule has 8 heteroatoms. The van der Waals surface area contributed by atoms with Gasteiger partial charge in [0.2, 0.25) is 10.0 Å². The van der Waals surface area contributed by atoms with Crippen LogP contribution in [0.25, 0.3) is 10.8 Å². The summed E-state index contributed by atoms with van der Waals surface area (Å²) >= 11 is 0. The standard InChI is InChI=1S/C21H26N2O5S/c1-15-6-9-18(10-7-15)23-20(24)14-28-21(25)13-22-29(26,27)19-11-8-16-4-2-3-5-17(16)12-19/h2-5,8,11-12,15,18,22H,6-7,9-10,13-14H2,1H3,(H,23,24). The van der Waals surface area contributed by atoms with E-state index >= 15 is 0 Å². The first-order valence-electron chi connectivity index (χ1n) is 9.77. The number of carbonyl (C=O) groups is 2. The molecule has 29 heavy (non-hydrogen) atoms. The predicted molar refractivity (Wildman–Crippen MR) is 110 cm³/mol. The molecule has 2 aromatic rings. The Hall–Kier alpha value is -2.45. The molecular formula is C21H26N2O5S. The molecule has 2 N–H and O–H groups in total. The summed E-state index contributed by atoms with van der Waals surface area (Å²) in [7, 11) is -3.86. The molecule has 0 aromatic heterocycles. The molecule has 1 saturated carbocycles. The largest absolute Gasteiger partial charge is 0.455 e. The fraction of sp³-hybridized carbons (Fsp3) is 0.429. The number of hydrogen-bond donors (Lipinski definition) is 2. The molecule has 2 aromatic carbocycles. The molecule has 0 unspecified atom stereocenters. The number of fused-ring (bicyclic) bond motifs is 1. The zero-order chi connectivity index (χ0) is 20.9. The number of ether oxygens (including phenoxy) is 1. The number of sulfonamides is 1. The fourth-order valence-corrected chi connectivity index (χ4v) is 4.45. The summed E-state index contributed by atoms with van der Waals surface area (Å²) in [6.45, 7) is 1.24. The molecular weight excluding hydrogens is 392 g/mol. The molecule has 0 bridgehead atoms. The lowest BCUT2D eigenvalue weighted by Gasteiger charge is -2.26. The Labute approximate surface area is 170 Å². The van der Waals surface area contributed by atoms with Crippen molar-refractivity contribution in [1.82, 2.24) is 10.0 Å². The maximum absolute atomic E-state index is 12.4. The molecule has 0 radical (unpaired) electrons. The summed E-state index contributed by atoms with van der Waals surface area (Å²) in [6, 6.07) is 12.2. The Morgan fingerprint density at radius 3 is 2.45 bits per heavy atom. The van der Waals surface area contributed by atoms with Gasteiger partial charge in [-0.05, 0) is 54.5 Å². The molecule has 3 rings (SSSR count). The maximum atomic E-state index is 12.4. The highest BCUT2D eigenvalue weighted by atomic mass is 32.2. The van der Waals surface area contributed by atoms with Gasteiger partial charge in [-0.2, -0.15) is 4.72 Å². The number of benzene rings is 2. The highest BCUT2D eigenvalue weighted by molar-refractivity contribution is 7.89. The van der Waals surface area contributed by atoms with Crippen molar-refractivity contribution in [2.75, 3.05) is 13.2 Å². The van der Waals surface area contributed by atoms with Gasteiger partial charge in [-0.3, -0.25) is 9.59 Å². The van der Waals surface area contributed by atoms with Crippen LogP contribution in [0.3, 0.4) is 0 Å². The summed E-state index contributed by atoms with van der Waals surface area (Å²) in [6.07, 6.45) is 3.99. The predicted octanol–water partition coefficient (Wildman–Crippen LogP) is 2.36. The van der Waals surface area contributed by atoms with Gasteiger partial charge in [-0.25, -0.2) is 8.42 Å². The lowest BCUT2D eigenvalue weighted by Crippen LogP contribution is -2.40. The first-order chi connectivity index (χ1) is 13.8. The molecule has 0 spiro atoms. The monoisotopic (exact) mass is 418 g/mol. The molecule has 0 heterocycles. The first-order valence-corrected chi connectivity index (χ1v) is 11.3. The number of carbonyl (C=O) groups excluding carboxylic acids is 2. The van der Waals surface area contributed by atoms with Crippen LogP contribution in [0.4, 0.5) is 0 Å². The average molecular weight is 419 g/mol. The molecule has 1 aliphatic rings. The normalized spacial score (nSPS) is 19.6. The van der Waals surface area contributed by atoms with Crippen LogP contribution >= 0.6 is 0 Å². The molecule has 0 saturated heterocycles. The summed E-state index contributed by atoms with van der Waals surface area (Å²) in [4.78, 5) is 23.8. The van der Waals surface area contributed by atoms with Crippen molar-refractivity contribution in [2.24, 2.45) is 5.92 Å². The van der Waals surface area contributed by atoms with Crippen LogP contribution in [0.15, 0.2) is 47.4 Å². The molecule has 0 atom stereocenters. The van der Waals surface area contributed by atoms with Gasteiger partial charge in [0, 0.05) is 6.04 Å². The highest BCUT2D eigenvalue weighted by Crippen LogP contribution is 2.23.